The molecule has 0 aliphatic carbocycles. The van der Waals surface area contributed by atoms with Crippen LogP contribution in [0.3, 0.4) is 0 Å². The number of nitrogens with one attached hydrogen (secondary N) is 1. The lowest BCUT2D eigenvalue weighted by atomic mass is 10.1. The van der Waals surface area contributed by atoms with Gasteiger partial charge in [-0.25, -0.2) is 0 Å². The molecule has 0 saturated heterocycles. The summed E-state index contributed by atoms with van der Waals surface area (Å²) in [5.41, 5.74) is 1.58. The number of halogens is 1. The van der Waals surface area contributed by atoms with E-state index in [0.717, 1.165) is 5.56 Å². The third-order valence-electron chi connectivity index (χ3n) is 2.31. The molecule has 82 valence electrons. The first kappa shape index (κ1) is 12.2. The molecule has 2 unspecified atom stereocenters. The minimum Gasteiger partial charge on any atom is -0.348 e. The first-order valence-electron chi connectivity index (χ1n) is 4.88. The van der Waals surface area contributed by atoms with Gasteiger partial charge in [0.1, 0.15) is 0 Å². The summed E-state index contributed by atoms with van der Waals surface area (Å²) >= 11 is 3.43. The molecule has 0 radical (unpaired) electrons. The number of hydrogen-bond acceptors (Lipinski definition) is 2. The van der Waals surface area contributed by atoms with Crippen molar-refractivity contribution in [2.24, 2.45) is 0 Å². The van der Waals surface area contributed by atoms with Crippen molar-refractivity contribution in [1.29, 1.82) is 0 Å². The van der Waals surface area contributed by atoms with Crippen molar-refractivity contribution < 1.29 is 4.79 Å². The molecule has 2 atom stereocenters. The van der Waals surface area contributed by atoms with E-state index in [1.807, 2.05) is 20.8 Å². The molecule has 0 saturated carbocycles. The second-order valence-electron chi connectivity index (χ2n) is 3.63. The Hall–Kier alpha value is -0.900. The van der Waals surface area contributed by atoms with Gasteiger partial charge in [0.05, 0.1) is 0 Å². The zero-order valence-corrected chi connectivity index (χ0v) is 10.7. The molecule has 0 aliphatic rings. The lowest BCUT2D eigenvalue weighted by Crippen LogP contribution is -2.37. The van der Waals surface area contributed by atoms with Crippen molar-refractivity contribution in [3.8, 4) is 0 Å². The van der Waals surface area contributed by atoms with Crippen LogP contribution in [0.1, 0.15) is 29.8 Å². The molecule has 1 aromatic heterocycles. The SMILES string of the molecule is Cc1cnccc1C(=O)NC(C)C(C)Br. The van der Waals surface area contributed by atoms with Gasteiger partial charge in [-0.05, 0) is 25.5 Å². The molecule has 4 heteroatoms. The molecule has 1 rings (SSSR count). The number of aromatic nitrogens is 1. The van der Waals surface area contributed by atoms with Crippen LogP contribution in [0.15, 0.2) is 18.5 Å². The normalized spacial score (nSPS) is 14.4. The van der Waals surface area contributed by atoms with E-state index in [2.05, 4.69) is 26.2 Å². The minimum atomic E-state index is -0.0475. The molecule has 0 aliphatic heterocycles. The largest absolute Gasteiger partial charge is 0.348 e. The Morgan fingerprint density at radius 2 is 2.20 bits per heavy atom. The quantitative estimate of drug-likeness (QED) is 0.857. The summed E-state index contributed by atoms with van der Waals surface area (Å²) < 4.78 is 0. The number of hydrogen-bond donors (Lipinski definition) is 1. The average molecular weight is 271 g/mol. The summed E-state index contributed by atoms with van der Waals surface area (Å²) in [6, 6.07) is 1.83. The smallest absolute Gasteiger partial charge is 0.251 e. The number of nitrogens with zero attached hydrogens (tertiary/aromatic N) is 1. The lowest BCUT2D eigenvalue weighted by Gasteiger charge is -2.16. The number of pyridine rings is 1. The van der Waals surface area contributed by atoms with Gasteiger partial charge < -0.3 is 5.32 Å². The molecule has 1 amide bonds. The molecule has 0 fully saturated rings. The van der Waals surface area contributed by atoms with E-state index in [0.29, 0.717) is 5.56 Å². The van der Waals surface area contributed by atoms with Crippen LogP contribution in [0.4, 0.5) is 0 Å². The summed E-state index contributed by atoms with van der Waals surface area (Å²) in [4.78, 5) is 16.0. The monoisotopic (exact) mass is 270 g/mol. The van der Waals surface area contributed by atoms with Crippen LogP contribution in [-0.4, -0.2) is 21.8 Å². The Labute approximate surface area is 98.4 Å². The van der Waals surface area contributed by atoms with E-state index in [1.54, 1.807) is 18.5 Å². The average Bonchev–Trinajstić information content (AvgIpc) is 2.18. The van der Waals surface area contributed by atoms with Gasteiger partial charge in [0, 0.05) is 28.8 Å². The minimum absolute atomic E-state index is 0.0475. The summed E-state index contributed by atoms with van der Waals surface area (Å²) in [5, 5.41) is 2.92. The number of amides is 1. The van der Waals surface area contributed by atoms with Gasteiger partial charge in [-0.15, -0.1) is 0 Å². The zero-order chi connectivity index (χ0) is 11.4. The third-order valence-corrected chi connectivity index (χ3v) is 3.11. The highest BCUT2D eigenvalue weighted by molar-refractivity contribution is 9.09. The second-order valence-corrected chi connectivity index (χ2v) is 5.07. The highest BCUT2D eigenvalue weighted by Crippen LogP contribution is 2.08. The fourth-order valence-electron chi connectivity index (χ4n) is 1.13. The Morgan fingerprint density at radius 3 is 2.73 bits per heavy atom. The number of rotatable bonds is 3. The fraction of sp³-hybridized carbons (Fsp3) is 0.455. The van der Waals surface area contributed by atoms with Gasteiger partial charge in [0.25, 0.3) is 5.91 Å². The van der Waals surface area contributed by atoms with Gasteiger partial charge in [-0.1, -0.05) is 22.9 Å². The van der Waals surface area contributed by atoms with Crippen LogP contribution in [-0.2, 0) is 0 Å². The Kier molecular flexibility index (Phi) is 4.27. The lowest BCUT2D eigenvalue weighted by molar-refractivity contribution is 0.0939. The van der Waals surface area contributed by atoms with Gasteiger partial charge >= 0.3 is 0 Å². The zero-order valence-electron chi connectivity index (χ0n) is 9.12. The van der Waals surface area contributed by atoms with Crippen molar-refractivity contribution >= 4 is 21.8 Å². The summed E-state index contributed by atoms with van der Waals surface area (Å²) in [6.45, 7) is 5.85. The summed E-state index contributed by atoms with van der Waals surface area (Å²) in [5.74, 6) is -0.0475. The molecule has 1 aromatic rings. The number of aryl methyl sites for hydroxylation is 1. The van der Waals surface area contributed by atoms with Crippen molar-refractivity contribution in [1.82, 2.24) is 10.3 Å². The standard InChI is InChI=1S/C11H15BrN2O/c1-7-6-13-5-4-10(7)11(15)14-9(3)8(2)12/h4-6,8-9H,1-3H3,(H,14,15). The van der Waals surface area contributed by atoms with Crippen LogP contribution in [0, 0.1) is 6.92 Å². The molecule has 0 aromatic carbocycles. The van der Waals surface area contributed by atoms with Crippen LogP contribution >= 0.6 is 15.9 Å². The molecule has 3 nitrogen and oxygen atoms in total. The molecule has 1 N–H and O–H groups in total. The Balaban J connectivity index is 2.74. The van der Waals surface area contributed by atoms with Crippen LogP contribution < -0.4 is 5.32 Å². The molecule has 15 heavy (non-hydrogen) atoms. The topological polar surface area (TPSA) is 42.0 Å². The Bertz CT molecular complexity index is 352. The van der Waals surface area contributed by atoms with Crippen molar-refractivity contribution in [2.45, 2.75) is 31.6 Å². The molecule has 0 spiro atoms. The second kappa shape index (κ2) is 5.26. The van der Waals surface area contributed by atoms with Crippen molar-refractivity contribution in [3.63, 3.8) is 0 Å². The van der Waals surface area contributed by atoms with Crippen molar-refractivity contribution in [3.05, 3.63) is 29.6 Å². The first-order chi connectivity index (χ1) is 7.02. The number of alkyl halides is 1. The highest BCUT2D eigenvalue weighted by atomic mass is 79.9. The van der Waals surface area contributed by atoms with E-state index in [9.17, 15) is 4.79 Å². The predicted octanol–water partition coefficient (Wildman–Crippen LogP) is 2.29. The van der Waals surface area contributed by atoms with E-state index >= 15 is 0 Å². The van der Waals surface area contributed by atoms with Crippen LogP contribution in [0.2, 0.25) is 0 Å². The van der Waals surface area contributed by atoms with E-state index < -0.39 is 0 Å². The van der Waals surface area contributed by atoms with Crippen LogP contribution in [0.25, 0.3) is 0 Å². The first-order valence-corrected chi connectivity index (χ1v) is 5.79. The van der Waals surface area contributed by atoms with Crippen molar-refractivity contribution in [2.75, 3.05) is 0 Å². The fourth-order valence-corrected chi connectivity index (χ4v) is 1.26. The molecule has 0 bridgehead atoms. The third kappa shape index (κ3) is 3.30. The van der Waals surface area contributed by atoms with Gasteiger partial charge in [-0.3, -0.25) is 9.78 Å². The van der Waals surface area contributed by atoms with E-state index in [-0.39, 0.29) is 16.8 Å². The van der Waals surface area contributed by atoms with E-state index in [4.69, 9.17) is 0 Å². The highest BCUT2D eigenvalue weighted by Gasteiger charge is 2.14. The predicted molar refractivity (Wildman–Crippen MR) is 64.3 cm³/mol. The van der Waals surface area contributed by atoms with Gasteiger partial charge in [-0.2, -0.15) is 0 Å². The van der Waals surface area contributed by atoms with Gasteiger partial charge in [0.2, 0.25) is 0 Å². The van der Waals surface area contributed by atoms with Gasteiger partial charge in [0.15, 0.2) is 0 Å². The Morgan fingerprint density at radius 1 is 1.53 bits per heavy atom. The number of carbonyl (C=O) groups is 1. The molecular weight excluding hydrogens is 256 g/mol. The van der Waals surface area contributed by atoms with Crippen LogP contribution in [0.5, 0.6) is 0 Å². The molecule has 1 heterocycles. The maximum atomic E-state index is 11.8. The molecular formula is C11H15BrN2O. The van der Waals surface area contributed by atoms with E-state index in [1.165, 1.54) is 0 Å². The maximum Gasteiger partial charge on any atom is 0.251 e. The summed E-state index contributed by atoms with van der Waals surface area (Å²) in [7, 11) is 0. The maximum absolute atomic E-state index is 11.8. The number of carbonyl (C=O) groups excluding carboxylic acids is 1. The summed E-state index contributed by atoms with van der Waals surface area (Å²) in [6.07, 6.45) is 3.32.